The van der Waals surface area contributed by atoms with E-state index in [-0.39, 0.29) is 101 Å². The molecule has 0 N–H and O–H groups in total. The van der Waals surface area contributed by atoms with Gasteiger partial charge in [-0.3, -0.25) is 0 Å². The van der Waals surface area contributed by atoms with Crippen LogP contribution in [0.1, 0.15) is 145 Å². The molecule has 127 heavy (non-hydrogen) atoms. The summed E-state index contributed by atoms with van der Waals surface area (Å²) >= 11 is 0. The van der Waals surface area contributed by atoms with Crippen LogP contribution in [0.25, 0.3) is 110 Å². The second-order valence-electron chi connectivity index (χ2n) is 40.7. The SMILES string of the molecule is CC(C)Cc1cc(-c2[c-]cc3ccccc3c2)ncc1[Si](C)(C)C.CC(C)Cc1cc([Si](C)(C)C)cnc1-c1[c-]cc2ccccc2c1.CC(C)c1nc(-c2[c-]cc3ccccc3c2)ccc1[Si](C)(C)C.C[Si](C)(C)c1cnc(-c2[c-]cc3ccccc3c2)c(C2CCCCC2)c1.C[Si](C)(C)c1cnc(-c2[c-]cc3ccccc3c2)cc1C1CCCC1.[Ir].[Ir].[Ir].[Ir].[Ir]. The Morgan fingerprint density at radius 3 is 1.02 bits per heavy atom. The van der Waals surface area contributed by atoms with Crippen molar-refractivity contribution in [1.82, 2.24) is 24.9 Å². The van der Waals surface area contributed by atoms with Crippen LogP contribution >= 0.6 is 0 Å². The second-order valence-corrected chi connectivity index (χ2v) is 66.0. The average molecular weight is 2650 g/mol. The predicted molar refractivity (Wildman–Crippen MR) is 543 cm³/mol. The number of fused-ring (bicyclic) bond motifs is 5. The molecule has 0 atom stereocenters. The van der Waals surface area contributed by atoms with Gasteiger partial charge in [0.25, 0.3) is 0 Å². The van der Waals surface area contributed by atoms with Gasteiger partial charge >= 0.3 is 0 Å². The Morgan fingerprint density at radius 2 is 0.622 bits per heavy atom. The molecule has 2 fully saturated rings. The summed E-state index contributed by atoms with van der Waals surface area (Å²) in [4.78, 5) is 24.6. The fourth-order valence-corrected chi connectivity index (χ4v) is 24.4. The van der Waals surface area contributed by atoms with Gasteiger partial charge in [-0.05, 0) is 123 Å². The summed E-state index contributed by atoms with van der Waals surface area (Å²) < 4.78 is 0. The van der Waals surface area contributed by atoms with Crippen LogP contribution in [-0.4, -0.2) is 65.3 Å². The van der Waals surface area contributed by atoms with Crippen LogP contribution in [0.3, 0.4) is 0 Å². The van der Waals surface area contributed by atoms with Gasteiger partial charge in [-0.15, -0.1) is 146 Å². The minimum absolute atomic E-state index is 0. The molecule has 5 radical (unpaired) electrons. The van der Waals surface area contributed by atoms with Crippen LogP contribution in [0.2, 0.25) is 98.2 Å². The van der Waals surface area contributed by atoms with Crippen molar-refractivity contribution < 1.29 is 101 Å². The van der Waals surface area contributed by atoms with Gasteiger partial charge in [-0.25, -0.2) is 0 Å². The van der Waals surface area contributed by atoms with Crippen LogP contribution in [0.5, 0.6) is 0 Å². The Bertz CT molecular complexity index is 6140. The third-order valence-corrected chi connectivity index (χ3v) is 34.4. The summed E-state index contributed by atoms with van der Waals surface area (Å²) in [6, 6.07) is 95.1. The summed E-state index contributed by atoms with van der Waals surface area (Å²) in [6.07, 6.45) is 22.8. The minimum Gasteiger partial charge on any atom is -0.305 e. The molecule has 0 bridgehead atoms. The molecule has 17 rings (SSSR count). The quantitative estimate of drug-likeness (QED) is 0.0671. The molecule has 0 amide bonds. The first-order valence-electron chi connectivity index (χ1n) is 45.1. The van der Waals surface area contributed by atoms with Crippen molar-refractivity contribution in [3.63, 3.8) is 0 Å². The van der Waals surface area contributed by atoms with Gasteiger partial charge in [0.15, 0.2) is 0 Å². The van der Waals surface area contributed by atoms with E-state index < -0.39 is 40.4 Å². The van der Waals surface area contributed by atoms with E-state index in [0.717, 1.165) is 75.0 Å². The molecule has 0 spiro atoms. The van der Waals surface area contributed by atoms with Gasteiger partial charge in [0.1, 0.15) is 0 Å². The first-order valence-corrected chi connectivity index (χ1v) is 62.6. The van der Waals surface area contributed by atoms with Crippen molar-refractivity contribution in [1.29, 1.82) is 0 Å². The van der Waals surface area contributed by atoms with E-state index >= 15 is 0 Å². The fraction of sp³-hybridized carbons (Fsp3) is 0.330. The summed E-state index contributed by atoms with van der Waals surface area (Å²) in [7, 11) is -6.88. The topological polar surface area (TPSA) is 64.5 Å². The molecule has 15 heteroatoms. The zero-order valence-corrected chi connectivity index (χ0v) is 95.6. The number of aromatic nitrogens is 5. The predicted octanol–water partition coefficient (Wildman–Crippen LogP) is 28.4. The van der Waals surface area contributed by atoms with Crippen molar-refractivity contribution >= 4 is 120 Å². The zero-order chi connectivity index (χ0) is 86.8. The Hall–Kier alpha value is -6.42. The number of benzene rings is 10. The Balaban J connectivity index is 0.000000195. The third-order valence-electron chi connectivity index (χ3n) is 24.3. The van der Waals surface area contributed by atoms with Crippen LogP contribution in [0, 0.1) is 42.2 Å². The number of pyridine rings is 5. The first kappa shape index (κ1) is 106. The van der Waals surface area contributed by atoms with E-state index in [0.29, 0.717) is 23.7 Å². The molecule has 5 heterocycles. The van der Waals surface area contributed by atoms with E-state index in [2.05, 4.69) is 413 Å². The number of hydrogen-bond acceptors (Lipinski definition) is 5. The molecule has 673 valence electrons. The summed E-state index contributed by atoms with van der Waals surface area (Å²) in [6.45, 7) is 49.6. The molecule has 0 unspecified atom stereocenters. The van der Waals surface area contributed by atoms with Crippen molar-refractivity contribution in [2.45, 2.75) is 228 Å². The number of nitrogens with zero attached hydrogens (tertiary/aromatic N) is 5. The molecule has 2 aliphatic carbocycles. The smallest absolute Gasteiger partial charge is 0.0799 e. The van der Waals surface area contributed by atoms with Crippen molar-refractivity contribution in [3.8, 4) is 56.3 Å². The zero-order valence-electron chi connectivity index (χ0n) is 78.7. The van der Waals surface area contributed by atoms with Gasteiger partial charge in [-0.1, -0.05) is 379 Å². The molecule has 15 aromatic rings. The Labute approximate surface area is 834 Å². The molecule has 10 aromatic carbocycles. The molecule has 5 nitrogen and oxygen atoms in total. The van der Waals surface area contributed by atoms with E-state index in [4.69, 9.17) is 24.9 Å². The van der Waals surface area contributed by atoms with Gasteiger partial charge in [0.2, 0.25) is 0 Å². The van der Waals surface area contributed by atoms with Gasteiger partial charge in [-0.2, -0.15) is 0 Å². The van der Waals surface area contributed by atoms with Crippen molar-refractivity contribution in [3.05, 3.63) is 301 Å². The van der Waals surface area contributed by atoms with Crippen molar-refractivity contribution in [2.24, 2.45) is 11.8 Å². The van der Waals surface area contributed by atoms with Crippen molar-refractivity contribution in [2.75, 3.05) is 0 Å². The number of hydrogen-bond donors (Lipinski definition) is 0. The number of rotatable bonds is 17. The maximum absolute atomic E-state index is 5.02. The second kappa shape index (κ2) is 46.8. The fourth-order valence-electron chi connectivity index (χ4n) is 17.4. The molecule has 5 aromatic heterocycles. The van der Waals surface area contributed by atoms with Crippen LogP contribution in [-0.2, 0) is 113 Å². The first-order chi connectivity index (χ1) is 58.1. The average Bonchev–Trinajstić information content (AvgIpc) is 1.73. The van der Waals surface area contributed by atoms with Gasteiger partial charge in [0.05, 0.1) is 40.4 Å². The maximum Gasteiger partial charge on any atom is 0.0799 e. The monoisotopic (exact) mass is 2650 g/mol. The minimum atomic E-state index is -1.39. The summed E-state index contributed by atoms with van der Waals surface area (Å²) in [5, 5.41) is 19.8. The molecule has 0 aliphatic heterocycles. The van der Waals surface area contributed by atoms with E-state index in [1.807, 2.05) is 0 Å². The van der Waals surface area contributed by atoms with Crippen LogP contribution in [0.15, 0.2) is 243 Å². The largest absolute Gasteiger partial charge is 0.305 e. The maximum atomic E-state index is 5.02. The van der Waals surface area contributed by atoms with Crippen LogP contribution < -0.4 is 25.9 Å². The third kappa shape index (κ3) is 27.9. The molecule has 2 saturated carbocycles. The molecular formula is C112H130Ir5N5Si5-5. The Morgan fingerprint density at radius 1 is 0.291 bits per heavy atom. The summed E-state index contributed by atoms with van der Waals surface area (Å²) in [5.74, 6) is 3.09. The van der Waals surface area contributed by atoms with Crippen LogP contribution in [0.4, 0.5) is 0 Å². The van der Waals surface area contributed by atoms with E-state index in [1.54, 1.807) is 10.8 Å². The van der Waals surface area contributed by atoms with E-state index in [9.17, 15) is 0 Å². The van der Waals surface area contributed by atoms with E-state index in [1.165, 1.54) is 155 Å². The van der Waals surface area contributed by atoms with Gasteiger partial charge in [0, 0.05) is 131 Å². The van der Waals surface area contributed by atoms with Gasteiger partial charge < -0.3 is 24.9 Å². The molecule has 0 saturated heterocycles. The molecular weight excluding hydrogens is 2520 g/mol. The normalized spacial score (nSPS) is 13.2. The standard InChI is InChI=1S/C24H28NSi.C23H26NSi.2C22H26NSi.C21H24NSi.5Ir/c1-26(2,3)22-16-23(19-10-5-4-6-11-19)24(25-17-22)21-14-13-18-9-7-8-12-20(18)15-21;1-25(2,3)23-16-24-22(15-21(23)18-9-5-6-10-18)20-13-12-17-8-4-7-11-19(17)14-20;1-16(2)12-20-14-21(23-15-22(20)24(3,4)5)19-11-10-17-8-6-7-9-18(17)13-19;1-16(2)12-20-14-21(24(3,4)5)15-23-22(20)19-11-10-17-8-6-7-9-18(17)13-19;1-15(2)21-20(23(3,4)5)13-12-19(22-21)18-11-10-16-8-6-7-9-17(16)14-18;;;;;/h7-9,12-13,15-17,19H,4-6,10-11H2,1-3H3;4,7-8,11-12,14-16,18H,5-6,9-10H2,1-3H3;2*6-10,13-16H,12H2,1-5H3;6-10,12-15H,1-5H3;;;;;/q5*-1;;;;;. The summed E-state index contributed by atoms with van der Waals surface area (Å²) in [5.41, 5.74) is 18.0. The molecule has 2 aliphatic rings. The Kier molecular flexibility index (Phi) is 39.0.